The zero-order valence-corrected chi connectivity index (χ0v) is 16.3. The number of likely N-dealkylation sites (N-methyl/N-ethyl adjacent to an activating group) is 1. The maximum atomic E-state index is 4.93. The summed E-state index contributed by atoms with van der Waals surface area (Å²) < 4.78 is 0. The van der Waals surface area contributed by atoms with E-state index in [2.05, 4.69) is 78.6 Å². The van der Waals surface area contributed by atoms with Crippen molar-refractivity contribution in [1.29, 1.82) is 0 Å². The second-order valence-electron chi connectivity index (χ2n) is 7.64. The van der Waals surface area contributed by atoms with Crippen LogP contribution in [0.3, 0.4) is 0 Å². The van der Waals surface area contributed by atoms with Gasteiger partial charge in [0.05, 0.1) is 5.52 Å². The third kappa shape index (κ3) is 3.88. The molecule has 1 aliphatic rings. The van der Waals surface area contributed by atoms with E-state index in [4.69, 9.17) is 9.97 Å². The molecule has 0 radical (unpaired) electrons. The molecule has 5 heteroatoms. The van der Waals surface area contributed by atoms with Crippen molar-refractivity contribution in [3.05, 3.63) is 59.7 Å². The molecule has 4 rings (SSSR count). The van der Waals surface area contributed by atoms with E-state index >= 15 is 0 Å². The van der Waals surface area contributed by atoms with Crippen molar-refractivity contribution in [2.45, 2.75) is 25.9 Å². The fourth-order valence-electron chi connectivity index (χ4n) is 3.86. The van der Waals surface area contributed by atoms with E-state index in [9.17, 15) is 0 Å². The van der Waals surface area contributed by atoms with Crippen molar-refractivity contribution >= 4 is 22.7 Å². The highest BCUT2D eigenvalue weighted by Crippen LogP contribution is 2.29. The van der Waals surface area contributed by atoms with Gasteiger partial charge in [-0.05, 0) is 50.7 Å². The van der Waals surface area contributed by atoms with Gasteiger partial charge in [0.2, 0.25) is 5.95 Å². The van der Waals surface area contributed by atoms with E-state index < -0.39 is 0 Å². The minimum absolute atomic E-state index is 0.274. The summed E-state index contributed by atoms with van der Waals surface area (Å²) in [6, 6.07) is 17.3. The van der Waals surface area contributed by atoms with E-state index in [1.807, 2.05) is 6.07 Å². The zero-order valence-electron chi connectivity index (χ0n) is 16.3. The van der Waals surface area contributed by atoms with Crippen LogP contribution in [0.2, 0.25) is 0 Å². The van der Waals surface area contributed by atoms with Gasteiger partial charge in [-0.3, -0.25) is 0 Å². The number of nitrogens with one attached hydrogen (secondary N) is 1. The first-order chi connectivity index (χ1) is 13.1. The zero-order chi connectivity index (χ0) is 18.8. The monoisotopic (exact) mass is 361 g/mol. The first-order valence-electron chi connectivity index (χ1n) is 9.60. The molecule has 1 unspecified atom stereocenters. The van der Waals surface area contributed by atoms with Gasteiger partial charge in [0.15, 0.2) is 0 Å². The summed E-state index contributed by atoms with van der Waals surface area (Å²) in [5.74, 6) is 1.73. The van der Waals surface area contributed by atoms with Crippen molar-refractivity contribution in [3.8, 4) is 0 Å². The fraction of sp³-hybridized carbons (Fsp3) is 0.364. The Morgan fingerprint density at radius 2 is 1.78 bits per heavy atom. The lowest BCUT2D eigenvalue weighted by Crippen LogP contribution is -2.32. The van der Waals surface area contributed by atoms with Crippen LogP contribution in [0.1, 0.15) is 18.1 Å². The molecule has 0 saturated heterocycles. The summed E-state index contributed by atoms with van der Waals surface area (Å²) >= 11 is 0. The van der Waals surface area contributed by atoms with Crippen LogP contribution in [-0.2, 0) is 13.0 Å². The Balaban J connectivity index is 1.69. The lowest BCUT2D eigenvalue weighted by molar-refractivity contribution is 0.391. The summed E-state index contributed by atoms with van der Waals surface area (Å²) in [5.41, 5.74) is 3.83. The number of hydrogen-bond acceptors (Lipinski definition) is 5. The predicted octanol–water partition coefficient (Wildman–Crippen LogP) is 3.55. The molecule has 1 aromatic heterocycles. The van der Waals surface area contributed by atoms with Crippen LogP contribution in [0.25, 0.3) is 10.9 Å². The molecule has 2 heterocycles. The van der Waals surface area contributed by atoms with E-state index in [-0.39, 0.29) is 6.04 Å². The summed E-state index contributed by atoms with van der Waals surface area (Å²) in [6.45, 7) is 4.96. The van der Waals surface area contributed by atoms with Crippen LogP contribution in [0, 0.1) is 0 Å². The van der Waals surface area contributed by atoms with Crippen LogP contribution in [0.4, 0.5) is 11.8 Å². The maximum Gasteiger partial charge on any atom is 0.225 e. The topological polar surface area (TPSA) is 44.3 Å². The molecule has 27 heavy (non-hydrogen) atoms. The summed E-state index contributed by atoms with van der Waals surface area (Å²) in [6.07, 6.45) is 1.05. The number of benzene rings is 2. The molecule has 1 N–H and O–H groups in total. The second-order valence-corrected chi connectivity index (χ2v) is 7.64. The highest BCUT2D eigenvalue weighted by Gasteiger charge is 2.20. The van der Waals surface area contributed by atoms with Crippen LogP contribution < -0.4 is 10.2 Å². The fourth-order valence-corrected chi connectivity index (χ4v) is 3.86. The van der Waals surface area contributed by atoms with Gasteiger partial charge in [-0.2, -0.15) is 4.98 Å². The van der Waals surface area contributed by atoms with E-state index in [1.54, 1.807) is 0 Å². The normalized spacial score (nSPS) is 15.0. The third-order valence-corrected chi connectivity index (χ3v) is 5.03. The molecular formula is C22H27N5. The van der Waals surface area contributed by atoms with E-state index in [0.717, 1.165) is 42.8 Å². The largest absolute Gasteiger partial charge is 0.351 e. The van der Waals surface area contributed by atoms with E-state index in [0.29, 0.717) is 5.95 Å². The molecule has 0 bridgehead atoms. The molecule has 0 amide bonds. The quantitative estimate of drug-likeness (QED) is 0.753. The Morgan fingerprint density at radius 1 is 1.04 bits per heavy atom. The molecule has 0 spiro atoms. The van der Waals surface area contributed by atoms with Crippen molar-refractivity contribution in [3.63, 3.8) is 0 Å². The highest BCUT2D eigenvalue weighted by molar-refractivity contribution is 5.90. The molecule has 3 aromatic rings. The van der Waals surface area contributed by atoms with Crippen LogP contribution in [0.5, 0.6) is 0 Å². The Kier molecular flexibility index (Phi) is 4.94. The number of nitrogens with zero attached hydrogens (tertiary/aromatic N) is 4. The van der Waals surface area contributed by atoms with E-state index in [1.165, 1.54) is 11.1 Å². The second kappa shape index (κ2) is 7.53. The average molecular weight is 361 g/mol. The Bertz CT molecular complexity index is 937. The van der Waals surface area contributed by atoms with Gasteiger partial charge in [-0.25, -0.2) is 4.98 Å². The van der Waals surface area contributed by atoms with Crippen LogP contribution in [-0.4, -0.2) is 48.1 Å². The summed E-state index contributed by atoms with van der Waals surface area (Å²) in [7, 11) is 4.16. The lowest BCUT2D eigenvalue weighted by Gasteiger charge is -2.31. The SMILES string of the molecule is CC(CN(C)C)Nc1nc(N2CCc3ccccc3C2)c2ccccc2n1. The van der Waals surface area contributed by atoms with Crippen molar-refractivity contribution in [2.24, 2.45) is 0 Å². The summed E-state index contributed by atoms with van der Waals surface area (Å²) in [4.78, 5) is 14.2. The minimum Gasteiger partial charge on any atom is -0.351 e. The lowest BCUT2D eigenvalue weighted by atomic mass is 10.00. The maximum absolute atomic E-state index is 4.93. The Morgan fingerprint density at radius 3 is 2.59 bits per heavy atom. The molecule has 0 saturated carbocycles. The Labute approximate surface area is 161 Å². The van der Waals surface area contributed by atoms with Crippen molar-refractivity contribution < 1.29 is 0 Å². The Hall–Kier alpha value is -2.66. The number of rotatable bonds is 5. The first-order valence-corrected chi connectivity index (χ1v) is 9.60. The standard InChI is InChI=1S/C22H27N5/c1-16(14-26(2)3)23-22-24-20-11-7-6-10-19(20)21(25-22)27-13-12-17-8-4-5-9-18(17)15-27/h4-11,16H,12-15H2,1-3H3,(H,23,24,25). The molecule has 1 aliphatic heterocycles. The van der Waals surface area contributed by atoms with Crippen LogP contribution in [0.15, 0.2) is 48.5 Å². The third-order valence-electron chi connectivity index (χ3n) is 5.03. The average Bonchev–Trinajstić information content (AvgIpc) is 2.66. The van der Waals surface area contributed by atoms with Gasteiger partial charge < -0.3 is 15.1 Å². The van der Waals surface area contributed by atoms with Gasteiger partial charge in [-0.1, -0.05) is 36.4 Å². The first kappa shape index (κ1) is 17.7. The van der Waals surface area contributed by atoms with Gasteiger partial charge in [0.25, 0.3) is 0 Å². The molecule has 2 aromatic carbocycles. The predicted molar refractivity (Wildman–Crippen MR) is 112 cm³/mol. The molecular weight excluding hydrogens is 334 g/mol. The van der Waals surface area contributed by atoms with Gasteiger partial charge in [0.1, 0.15) is 5.82 Å². The highest BCUT2D eigenvalue weighted by atomic mass is 15.2. The van der Waals surface area contributed by atoms with Gasteiger partial charge in [0, 0.05) is 31.1 Å². The number of aromatic nitrogens is 2. The minimum atomic E-state index is 0.274. The summed E-state index contributed by atoms with van der Waals surface area (Å²) in [5, 5.41) is 4.59. The number of para-hydroxylation sites is 1. The number of anilines is 2. The molecule has 140 valence electrons. The molecule has 1 atom stereocenters. The molecule has 0 fully saturated rings. The van der Waals surface area contributed by atoms with Crippen LogP contribution >= 0.6 is 0 Å². The number of hydrogen-bond donors (Lipinski definition) is 1. The van der Waals surface area contributed by atoms with Gasteiger partial charge in [-0.15, -0.1) is 0 Å². The van der Waals surface area contributed by atoms with Crippen molar-refractivity contribution in [1.82, 2.24) is 14.9 Å². The molecule has 5 nitrogen and oxygen atoms in total. The van der Waals surface area contributed by atoms with Crippen molar-refractivity contribution in [2.75, 3.05) is 37.4 Å². The smallest absolute Gasteiger partial charge is 0.225 e. The van der Waals surface area contributed by atoms with Gasteiger partial charge >= 0.3 is 0 Å². The molecule has 0 aliphatic carbocycles. The number of fused-ring (bicyclic) bond motifs is 2.